The number of sulfonamides is 1. The van der Waals surface area contributed by atoms with Gasteiger partial charge in [0.25, 0.3) is 0 Å². The minimum absolute atomic E-state index is 0.270. The molecule has 4 bridgehead atoms. The van der Waals surface area contributed by atoms with Crippen LogP contribution in [0.5, 0.6) is 5.75 Å². The predicted molar refractivity (Wildman–Crippen MR) is 112 cm³/mol. The molecule has 5 saturated carbocycles. The Bertz CT molecular complexity index is 1240. The second-order valence-corrected chi connectivity index (χ2v) is 11.3. The summed E-state index contributed by atoms with van der Waals surface area (Å²) >= 11 is 0. The van der Waals surface area contributed by atoms with E-state index in [1.165, 1.54) is 6.42 Å². The Labute approximate surface area is 175 Å². The number of ether oxygens (including phenoxy) is 1. The van der Waals surface area contributed by atoms with Crippen molar-refractivity contribution in [1.29, 1.82) is 0 Å². The van der Waals surface area contributed by atoms with E-state index in [1.807, 2.05) is 12.3 Å². The minimum atomic E-state index is -3.37. The molecule has 0 aliphatic heterocycles. The van der Waals surface area contributed by atoms with Crippen LogP contribution in [0.3, 0.4) is 0 Å². The van der Waals surface area contributed by atoms with Crippen molar-refractivity contribution < 1.29 is 13.2 Å². The lowest BCUT2D eigenvalue weighted by Crippen LogP contribution is -2.48. The van der Waals surface area contributed by atoms with Crippen LogP contribution in [0.25, 0.3) is 5.65 Å². The molecule has 5 fully saturated rings. The molecular formula is C22H24N4O3S. The van der Waals surface area contributed by atoms with Crippen molar-refractivity contribution in [2.45, 2.75) is 56.1 Å². The number of fused-ring (bicyclic) bond motifs is 1. The van der Waals surface area contributed by atoms with E-state index in [0.717, 1.165) is 48.8 Å². The lowest BCUT2D eigenvalue weighted by molar-refractivity contribution is 0.232. The zero-order valence-corrected chi connectivity index (χ0v) is 17.5. The summed E-state index contributed by atoms with van der Waals surface area (Å²) in [6, 6.07) is 1.91. The molecule has 8 heteroatoms. The molecule has 6 aliphatic carbocycles. The maximum absolute atomic E-state index is 12.3. The third-order valence-electron chi connectivity index (χ3n) is 7.43. The highest BCUT2D eigenvalue weighted by atomic mass is 32.2. The molecule has 6 aliphatic rings. The highest BCUT2D eigenvalue weighted by molar-refractivity contribution is 7.93. The largest absolute Gasteiger partial charge is 0.493 e. The smallest absolute Gasteiger partial charge is 0.242 e. The molecule has 0 amide bonds. The van der Waals surface area contributed by atoms with E-state index in [2.05, 4.69) is 21.0 Å². The number of anilines is 1. The van der Waals surface area contributed by atoms with Crippen LogP contribution in [0.4, 0.5) is 5.95 Å². The van der Waals surface area contributed by atoms with Gasteiger partial charge in [0.2, 0.25) is 16.0 Å². The fourth-order valence-electron chi connectivity index (χ4n) is 5.27. The molecular weight excluding hydrogens is 400 g/mol. The Morgan fingerprint density at radius 2 is 2.00 bits per heavy atom. The zero-order valence-electron chi connectivity index (χ0n) is 16.7. The summed E-state index contributed by atoms with van der Waals surface area (Å²) in [5, 5.41) is 7.98. The fourth-order valence-corrected chi connectivity index (χ4v) is 6.59. The molecule has 7 nitrogen and oxygen atoms in total. The van der Waals surface area contributed by atoms with Crippen LogP contribution in [0, 0.1) is 11.8 Å². The minimum Gasteiger partial charge on any atom is -0.493 e. The molecule has 0 aromatic carbocycles. The summed E-state index contributed by atoms with van der Waals surface area (Å²) in [4.78, 5) is 0. The first-order valence-corrected chi connectivity index (χ1v) is 12.6. The molecule has 2 unspecified atom stereocenters. The zero-order chi connectivity index (χ0) is 20.0. The van der Waals surface area contributed by atoms with Crippen LogP contribution in [0.15, 0.2) is 35.1 Å². The van der Waals surface area contributed by atoms with Crippen LogP contribution >= 0.6 is 0 Å². The average molecular weight is 425 g/mol. The lowest BCUT2D eigenvalue weighted by atomic mass is 9.45. The van der Waals surface area contributed by atoms with Gasteiger partial charge in [-0.2, -0.15) is 0 Å². The maximum Gasteiger partial charge on any atom is 0.242 e. The van der Waals surface area contributed by atoms with Gasteiger partial charge in [-0.05, 0) is 44.4 Å². The van der Waals surface area contributed by atoms with Gasteiger partial charge in [0.15, 0.2) is 5.65 Å². The van der Waals surface area contributed by atoms with Gasteiger partial charge in [-0.1, -0.05) is 22.8 Å². The molecule has 30 heavy (non-hydrogen) atoms. The quantitative estimate of drug-likeness (QED) is 0.655. The summed E-state index contributed by atoms with van der Waals surface area (Å²) in [6.07, 6.45) is 11.6. The standard InChI is InChI=1S/C22H24N4O3S/c27-30(28,14-4-5-14)25-22-24-23-20-10-19(18(11-26(20)22)12-1-2-12)29-8-7-13-3-6-15-16-9-17(15)21(13)16/h6,10-12,14,16-17H,1-5,7-9H2,(H,24,25). The van der Waals surface area contributed by atoms with Crippen molar-refractivity contribution in [3.05, 3.63) is 40.6 Å². The van der Waals surface area contributed by atoms with Gasteiger partial charge in [-0.25, -0.2) is 8.42 Å². The van der Waals surface area contributed by atoms with Crippen molar-refractivity contribution in [3.8, 4) is 5.75 Å². The van der Waals surface area contributed by atoms with Crippen molar-refractivity contribution >= 4 is 21.6 Å². The van der Waals surface area contributed by atoms with Crippen LogP contribution < -0.4 is 9.46 Å². The Hall–Kier alpha value is -2.35. The SMILES string of the molecule is O=S(=O)(Nc1nnc2cc(OCCC3=C4C5CC4C5=CC3)c(C3CC3)cn12)C1CC1. The van der Waals surface area contributed by atoms with Crippen LogP contribution in [0.1, 0.15) is 56.4 Å². The number of hydrogen-bond acceptors (Lipinski definition) is 5. The number of rotatable bonds is 8. The Kier molecular flexibility index (Phi) is 3.39. The van der Waals surface area contributed by atoms with Crippen LogP contribution in [0.2, 0.25) is 0 Å². The molecule has 2 atom stereocenters. The number of aromatic nitrogens is 3. The average Bonchev–Trinajstić information content (AvgIpc) is 3.57. The summed E-state index contributed by atoms with van der Waals surface area (Å²) in [5.74, 6) is 3.18. The molecule has 0 spiro atoms. The van der Waals surface area contributed by atoms with Crippen molar-refractivity contribution in [2.24, 2.45) is 11.8 Å². The lowest BCUT2D eigenvalue weighted by Gasteiger charge is -2.59. The van der Waals surface area contributed by atoms with Crippen LogP contribution in [-0.2, 0) is 10.0 Å². The maximum atomic E-state index is 12.3. The number of allylic oxidation sites excluding steroid dienone is 3. The van der Waals surface area contributed by atoms with Gasteiger partial charge in [0, 0.05) is 36.1 Å². The van der Waals surface area contributed by atoms with Gasteiger partial charge in [-0.3, -0.25) is 9.12 Å². The third kappa shape index (κ3) is 2.52. The van der Waals surface area contributed by atoms with E-state index >= 15 is 0 Å². The van der Waals surface area contributed by atoms with E-state index < -0.39 is 10.0 Å². The van der Waals surface area contributed by atoms with Gasteiger partial charge in [0.05, 0.1) is 11.9 Å². The Morgan fingerprint density at radius 3 is 2.70 bits per heavy atom. The predicted octanol–water partition coefficient (Wildman–Crippen LogP) is 3.56. The van der Waals surface area contributed by atoms with E-state index in [1.54, 1.807) is 21.1 Å². The number of hydrogen-bond donors (Lipinski definition) is 1. The van der Waals surface area contributed by atoms with E-state index in [-0.39, 0.29) is 11.2 Å². The molecule has 2 aromatic heterocycles. The van der Waals surface area contributed by atoms with Gasteiger partial charge < -0.3 is 4.74 Å². The van der Waals surface area contributed by atoms with E-state index in [4.69, 9.17) is 4.74 Å². The number of pyridine rings is 1. The Morgan fingerprint density at radius 1 is 1.17 bits per heavy atom. The van der Waals surface area contributed by atoms with Crippen LogP contribution in [-0.4, -0.2) is 34.9 Å². The molecule has 156 valence electrons. The van der Waals surface area contributed by atoms with E-state index in [0.29, 0.717) is 31.0 Å². The fraction of sp³-hybridized carbons (Fsp3) is 0.545. The third-order valence-corrected chi connectivity index (χ3v) is 9.25. The highest BCUT2D eigenvalue weighted by Gasteiger charge is 2.54. The molecule has 2 aromatic rings. The topological polar surface area (TPSA) is 85.6 Å². The second kappa shape index (κ2) is 5.87. The van der Waals surface area contributed by atoms with Crippen molar-refractivity contribution in [2.75, 3.05) is 11.3 Å². The number of nitrogens with zero attached hydrogens (tertiary/aromatic N) is 3. The second-order valence-electron chi connectivity index (χ2n) is 9.37. The first-order valence-electron chi connectivity index (χ1n) is 11.0. The van der Waals surface area contributed by atoms with E-state index in [9.17, 15) is 8.42 Å². The van der Waals surface area contributed by atoms with Crippen molar-refractivity contribution in [1.82, 2.24) is 14.6 Å². The normalized spacial score (nSPS) is 26.9. The molecule has 1 N–H and O–H groups in total. The summed E-state index contributed by atoms with van der Waals surface area (Å²) in [6.45, 7) is 0.673. The Balaban J connectivity index is 1.13. The molecule has 0 saturated heterocycles. The first kappa shape index (κ1) is 17.3. The molecule has 2 heterocycles. The summed E-state index contributed by atoms with van der Waals surface area (Å²) < 4.78 is 35.3. The van der Waals surface area contributed by atoms with Crippen molar-refractivity contribution in [3.63, 3.8) is 0 Å². The molecule has 8 rings (SSSR count). The highest BCUT2D eigenvalue weighted by Crippen LogP contribution is 2.66. The monoisotopic (exact) mass is 424 g/mol. The number of nitrogens with one attached hydrogen (secondary N) is 1. The summed E-state index contributed by atoms with van der Waals surface area (Å²) in [7, 11) is -3.37. The summed E-state index contributed by atoms with van der Waals surface area (Å²) in [5.41, 5.74) is 6.72. The molecule has 0 radical (unpaired) electrons. The van der Waals surface area contributed by atoms with Gasteiger partial charge in [-0.15, -0.1) is 10.2 Å². The first-order chi connectivity index (χ1) is 14.6. The van der Waals surface area contributed by atoms with Gasteiger partial charge in [0.1, 0.15) is 5.75 Å². The van der Waals surface area contributed by atoms with Gasteiger partial charge >= 0.3 is 0 Å².